The van der Waals surface area contributed by atoms with Crippen LogP contribution >= 0.6 is 39.0 Å². The molecule has 0 saturated heterocycles. The molecule has 9 heteroatoms. The average Bonchev–Trinajstić information content (AvgIpc) is 3.37. The maximum absolute atomic E-state index is 13.3. The number of halogens is 1. The SMILES string of the molecule is CC1=C(C(=O)Nc2ccccc2)[C@H](c2cccs2)C(C#N)=C(SCC(=O)Nc2cccc(Br)c2)N1. The molecule has 1 atom stereocenters. The van der Waals surface area contributed by atoms with Crippen LogP contribution in [0.15, 0.2) is 98.5 Å². The quantitative estimate of drug-likeness (QED) is 0.317. The molecule has 0 aliphatic carbocycles. The minimum atomic E-state index is -0.527. The summed E-state index contributed by atoms with van der Waals surface area (Å²) in [6, 6.07) is 22.7. The number of thioether (sulfide) groups is 1. The second kappa shape index (κ2) is 11.4. The Labute approximate surface area is 220 Å². The van der Waals surface area contributed by atoms with E-state index in [1.165, 1.54) is 23.1 Å². The Hall–Kier alpha value is -3.32. The van der Waals surface area contributed by atoms with Gasteiger partial charge in [0.1, 0.15) is 0 Å². The number of carbonyl (C=O) groups is 2. The lowest BCUT2D eigenvalue weighted by molar-refractivity contribution is -0.114. The molecule has 3 N–H and O–H groups in total. The van der Waals surface area contributed by atoms with Crippen LogP contribution in [0.1, 0.15) is 17.7 Å². The van der Waals surface area contributed by atoms with Gasteiger partial charge in [-0.25, -0.2) is 0 Å². The monoisotopic (exact) mass is 564 g/mol. The third-order valence-electron chi connectivity index (χ3n) is 5.21. The predicted octanol–water partition coefficient (Wildman–Crippen LogP) is 6.22. The Morgan fingerprint density at radius 2 is 1.86 bits per heavy atom. The number of allylic oxidation sites excluding steroid dienone is 2. The Balaban J connectivity index is 1.58. The number of rotatable bonds is 7. The Morgan fingerprint density at radius 3 is 2.54 bits per heavy atom. The molecule has 2 heterocycles. The van der Waals surface area contributed by atoms with E-state index in [1.54, 1.807) is 0 Å². The molecule has 35 heavy (non-hydrogen) atoms. The molecule has 1 aliphatic heterocycles. The summed E-state index contributed by atoms with van der Waals surface area (Å²) in [7, 11) is 0. The number of nitrogens with zero attached hydrogens (tertiary/aromatic N) is 1. The van der Waals surface area contributed by atoms with E-state index in [4.69, 9.17) is 0 Å². The van der Waals surface area contributed by atoms with Crippen molar-refractivity contribution in [2.45, 2.75) is 12.8 Å². The van der Waals surface area contributed by atoms with E-state index in [9.17, 15) is 14.9 Å². The van der Waals surface area contributed by atoms with Crippen molar-refractivity contribution in [3.63, 3.8) is 0 Å². The van der Waals surface area contributed by atoms with Gasteiger partial charge in [-0.05, 0) is 48.7 Å². The van der Waals surface area contributed by atoms with E-state index < -0.39 is 5.92 Å². The lowest BCUT2D eigenvalue weighted by atomic mass is 9.86. The second-order valence-corrected chi connectivity index (χ2v) is 10.5. The highest BCUT2D eigenvalue weighted by Crippen LogP contribution is 2.42. The molecule has 176 valence electrons. The number of hydrogen-bond donors (Lipinski definition) is 3. The van der Waals surface area contributed by atoms with E-state index in [2.05, 4.69) is 37.9 Å². The van der Waals surface area contributed by atoms with Crippen LogP contribution in [0.3, 0.4) is 0 Å². The molecule has 4 rings (SSSR count). The van der Waals surface area contributed by atoms with Gasteiger partial charge in [0.15, 0.2) is 0 Å². The number of nitriles is 1. The summed E-state index contributed by atoms with van der Waals surface area (Å²) >= 11 is 6.13. The van der Waals surface area contributed by atoms with E-state index in [0.29, 0.717) is 33.2 Å². The largest absolute Gasteiger partial charge is 0.353 e. The molecule has 0 bridgehead atoms. The third kappa shape index (κ3) is 6.03. The van der Waals surface area contributed by atoms with E-state index in [0.717, 1.165) is 9.35 Å². The fourth-order valence-electron chi connectivity index (χ4n) is 3.69. The molecular formula is C26H21BrN4O2S2. The van der Waals surface area contributed by atoms with Gasteiger partial charge in [0.25, 0.3) is 5.91 Å². The fraction of sp³-hybridized carbons (Fsp3) is 0.115. The van der Waals surface area contributed by atoms with Crippen molar-refractivity contribution in [1.29, 1.82) is 5.26 Å². The first kappa shape index (κ1) is 24.8. The topological polar surface area (TPSA) is 94.0 Å². The first-order chi connectivity index (χ1) is 17.0. The van der Waals surface area contributed by atoms with Gasteiger partial charge in [0.05, 0.1) is 28.3 Å². The standard InChI is InChI=1S/C26H21BrN4O2S2/c1-16-23(25(33)31-18-8-3-2-4-9-18)24(21-11-6-12-34-21)20(14-28)26(29-16)35-15-22(32)30-19-10-5-7-17(27)13-19/h2-13,24,29H,15H2,1H3,(H,30,32)(H,31,33)/t24-/m0/s1. The van der Waals surface area contributed by atoms with Gasteiger partial charge in [-0.2, -0.15) is 5.26 Å². The number of amides is 2. The van der Waals surface area contributed by atoms with Crippen molar-refractivity contribution in [3.8, 4) is 6.07 Å². The van der Waals surface area contributed by atoms with Crippen molar-refractivity contribution < 1.29 is 9.59 Å². The first-order valence-corrected chi connectivity index (χ1v) is 13.3. The van der Waals surface area contributed by atoms with E-state index >= 15 is 0 Å². The molecule has 0 unspecified atom stereocenters. The van der Waals surface area contributed by atoms with Gasteiger partial charge in [0, 0.05) is 32.0 Å². The second-order valence-electron chi connectivity index (χ2n) is 7.63. The number of dihydropyridines is 1. The lowest BCUT2D eigenvalue weighted by Gasteiger charge is -2.29. The highest BCUT2D eigenvalue weighted by atomic mass is 79.9. The molecule has 3 aromatic rings. The van der Waals surface area contributed by atoms with Crippen molar-refractivity contribution in [2.75, 3.05) is 16.4 Å². The van der Waals surface area contributed by atoms with Gasteiger partial charge in [0.2, 0.25) is 5.91 Å². The van der Waals surface area contributed by atoms with Gasteiger partial charge in [-0.3, -0.25) is 9.59 Å². The number of para-hydroxylation sites is 1. The molecule has 1 aromatic heterocycles. The minimum absolute atomic E-state index is 0.107. The van der Waals surface area contributed by atoms with E-state index in [-0.39, 0.29) is 17.6 Å². The Kier molecular flexibility index (Phi) is 8.08. The summed E-state index contributed by atoms with van der Waals surface area (Å²) in [4.78, 5) is 26.8. The van der Waals surface area contributed by atoms with Crippen LogP contribution in [0.5, 0.6) is 0 Å². The predicted molar refractivity (Wildman–Crippen MR) is 146 cm³/mol. The van der Waals surface area contributed by atoms with Crippen LogP contribution in [0.2, 0.25) is 0 Å². The number of hydrogen-bond acceptors (Lipinski definition) is 6. The third-order valence-corrected chi connectivity index (χ3v) is 7.66. The molecule has 6 nitrogen and oxygen atoms in total. The smallest absolute Gasteiger partial charge is 0.254 e. The van der Waals surface area contributed by atoms with Crippen LogP contribution in [-0.2, 0) is 9.59 Å². The number of carbonyl (C=O) groups excluding carboxylic acids is 2. The molecule has 0 fully saturated rings. The summed E-state index contributed by atoms with van der Waals surface area (Å²) in [5, 5.41) is 21.6. The van der Waals surface area contributed by atoms with Gasteiger partial charge >= 0.3 is 0 Å². The molecule has 2 amide bonds. The Morgan fingerprint density at radius 1 is 1.09 bits per heavy atom. The normalized spacial score (nSPS) is 15.3. The molecule has 1 aliphatic rings. The van der Waals surface area contributed by atoms with Crippen LogP contribution in [0.4, 0.5) is 11.4 Å². The summed E-state index contributed by atoms with van der Waals surface area (Å²) in [6.07, 6.45) is 0. The van der Waals surface area contributed by atoms with Crippen LogP contribution in [0, 0.1) is 11.3 Å². The van der Waals surface area contributed by atoms with Gasteiger partial charge in [-0.15, -0.1) is 11.3 Å². The zero-order valence-corrected chi connectivity index (χ0v) is 21.9. The molecule has 0 saturated carbocycles. The molecule has 0 radical (unpaired) electrons. The fourth-order valence-corrected chi connectivity index (χ4v) is 5.82. The number of anilines is 2. The zero-order valence-electron chi connectivity index (χ0n) is 18.7. The lowest BCUT2D eigenvalue weighted by Crippen LogP contribution is -2.30. The maximum Gasteiger partial charge on any atom is 0.254 e. The number of benzene rings is 2. The van der Waals surface area contributed by atoms with Crippen LogP contribution in [0.25, 0.3) is 0 Å². The van der Waals surface area contributed by atoms with Crippen molar-refractivity contribution in [1.82, 2.24) is 5.32 Å². The van der Waals surface area contributed by atoms with E-state index in [1.807, 2.05) is 79.0 Å². The first-order valence-electron chi connectivity index (χ1n) is 10.7. The van der Waals surface area contributed by atoms with Crippen molar-refractivity contribution >= 4 is 62.2 Å². The van der Waals surface area contributed by atoms with Crippen molar-refractivity contribution in [3.05, 3.63) is 103 Å². The van der Waals surface area contributed by atoms with Gasteiger partial charge < -0.3 is 16.0 Å². The van der Waals surface area contributed by atoms with Crippen molar-refractivity contribution in [2.24, 2.45) is 0 Å². The highest BCUT2D eigenvalue weighted by Gasteiger charge is 2.35. The number of nitrogens with one attached hydrogen (secondary N) is 3. The average molecular weight is 566 g/mol. The Bertz CT molecular complexity index is 1350. The maximum atomic E-state index is 13.3. The summed E-state index contributed by atoms with van der Waals surface area (Å²) in [5.74, 6) is -0.887. The van der Waals surface area contributed by atoms with Crippen LogP contribution < -0.4 is 16.0 Å². The minimum Gasteiger partial charge on any atom is -0.353 e. The molecule has 2 aromatic carbocycles. The van der Waals surface area contributed by atoms with Crippen LogP contribution in [-0.4, -0.2) is 17.6 Å². The summed E-state index contributed by atoms with van der Waals surface area (Å²) in [6.45, 7) is 1.82. The zero-order chi connectivity index (χ0) is 24.8. The molecule has 0 spiro atoms. The number of thiophene rings is 1. The summed E-state index contributed by atoms with van der Waals surface area (Å²) < 4.78 is 0.868. The summed E-state index contributed by atoms with van der Waals surface area (Å²) in [5.41, 5.74) is 2.90. The van der Waals surface area contributed by atoms with Gasteiger partial charge in [-0.1, -0.05) is 58.0 Å². The molecular weight excluding hydrogens is 544 g/mol. The highest BCUT2D eigenvalue weighted by molar-refractivity contribution is 9.10.